The summed E-state index contributed by atoms with van der Waals surface area (Å²) in [5.41, 5.74) is 0.0369. The van der Waals surface area contributed by atoms with Gasteiger partial charge in [-0.05, 0) is 33.1 Å². The first-order valence-electron chi connectivity index (χ1n) is 4.30. The van der Waals surface area contributed by atoms with Crippen molar-refractivity contribution in [2.45, 2.75) is 33.1 Å². The van der Waals surface area contributed by atoms with Gasteiger partial charge in [0.15, 0.2) is 0 Å². The Morgan fingerprint density at radius 2 is 2.18 bits per heavy atom. The number of hydrogen-bond acceptors (Lipinski definition) is 2. The molecule has 2 heteroatoms. The minimum atomic E-state index is 0.0369. The van der Waals surface area contributed by atoms with Crippen LogP contribution in [0.15, 0.2) is 0 Å². The van der Waals surface area contributed by atoms with E-state index in [-0.39, 0.29) is 5.41 Å². The molecule has 0 bridgehead atoms. The number of carbonyl (C=O) groups is 1. The van der Waals surface area contributed by atoms with Crippen LogP contribution in [-0.4, -0.2) is 19.0 Å². The predicted molar refractivity (Wildman–Crippen MR) is 43.5 cm³/mol. The van der Waals surface area contributed by atoms with Gasteiger partial charge in [0.25, 0.3) is 0 Å². The van der Waals surface area contributed by atoms with Crippen molar-refractivity contribution in [2.24, 2.45) is 5.41 Å². The van der Waals surface area contributed by atoms with Gasteiger partial charge in [-0.15, -0.1) is 0 Å². The Morgan fingerprint density at radius 1 is 1.55 bits per heavy atom. The third-order valence-corrected chi connectivity index (χ3v) is 2.53. The minimum absolute atomic E-state index is 0.0369. The summed E-state index contributed by atoms with van der Waals surface area (Å²) < 4.78 is 5.21. The fourth-order valence-electron chi connectivity index (χ4n) is 1.34. The zero-order valence-electron chi connectivity index (χ0n) is 7.35. The first-order valence-corrected chi connectivity index (χ1v) is 4.30. The second-order valence-corrected chi connectivity index (χ2v) is 3.28. The Morgan fingerprint density at radius 3 is 2.55 bits per heavy atom. The van der Waals surface area contributed by atoms with Crippen LogP contribution in [0, 0.1) is 5.41 Å². The second-order valence-electron chi connectivity index (χ2n) is 3.28. The van der Waals surface area contributed by atoms with E-state index in [1.54, 1.807) is 6.92 Å². The van der Waals surface area contributed by atoms with E-state index in [0.717, 1.165) is 32.5 Å². The summed E-state index contributed by atoms with van der Waals surface area (Å²) in [7, 11) is 0. The molecule has 0 N–H and O–H groups in total. The van der Waals surface area contributed by atoms with Gasteiger partial charge < -0.3 is 4.74 Å². The van der Waals surface area contributed by atoms with Crippen molar-refractivity contribution in [3.63, 3.8) is 0 Å². The molecule has 64 valence electrons. The first kappa shape index (κ1) is 8.72. The summed E-state index contributed by atoms with van der Waals surface area (Å²) in [6.45, 7) is 5.18. The average molecular weight is 156 g/mol. The Kier molecular flexibility index (Phi) is 2.66. The normalized spacial score (nSPS) is 19.8. The number of ketones is 1. The van der Waals surface area contributed by atoms with Crippen LogP contribution in [0.25, 0.3) is 0 Å². The molecule has 0 heterocycles. The topological polar surface area (TPSA) is 26.3 Å². The number of hydrogen-bond donors (Lipinski definition) is 0. The van der Waals surface area contributed by atoms with Crippen LogP contribution in [0.1, 0.15) is 33.1 Å². The first-order chi connectivity index (χ1) is 5.21. The largest absolute Gasteiger partial charge is 0.382 e. The lowest BCUT2D eigenvalue weighted by atomic mass is 9.99. The summed E-state index contributed by atoms with van der Waals surface area (Å²) in [5, 5.41) is 0. The maximum atomic E-state index is 11.1. The standard InChI is InChI=1S/C9H16O2/c1-3-11-7-6-9(4-5-9)8(2)10/h3-7H2,1-2H3. The molecule has 0 aliphatic heterocycles. The van der Waals surface area contributed by atoms with E-state index < -0.39 is 0 Å². The van der Waals surface area contributed by atoms with Crippen molar-refractivity contribution in [3.05, 3.63) is 0 Å². The summed E-state index contributed by atoms with van der Waals surface area (Å²) in [6, 6.07) is 0. The lowest BCUT2D eigenvalue weighted by Crippen LogP contribution is -2.14. The zero-order chi connectivity index (χ0) is 8.32. The molecule has 1 aliphatic rings. The van der Waals surface area contributed by atoms with Gasteiger partial charge in [0.2, 0.25) is 0 Å². The molecule has 11 heavy (non-hydrogen) atoms. The molecule has 0 saturated heterocycles. The molecule has 0 radical (unpaired) electrons. The van der Waals surface area contributed by atoms with Crippen LogP contribution >= 0.6 is 0 Å². The second kappa shape index (κ2) is 3.35. The van der Waals surface area contributed by atoms with Gasteiger partial charge in [0.05, 0.1) is 0 Å². The zero-order valence-corrected chi connectivity index (χ0v) is 7.35. The van der Waals surface area contributed by atoms with Crippen molar-refractivity contribution in [3.8, 4) is 0 Å². The summed E-state index contributed by atoms with van der Waals surface area (Å²) in [4.78, 5) is 11.1. The van der Waals surface area contributed by atoms with Crippen LogP contribution in [0.3, 0.4) is 0 Å². The number of rotatable bonds is 5. The van der Waals surface area contributed by atoms with Crippen LogP contribution in [0.5, 0.6) is 0 Å². The number of carbonyl (C=O) groups excluding carboxylic acids is 1. The SMILES string of the molecule is CCOCCC1(C(C)=O)CC1. The molecule has 1 rings (SSSR count). The molecule has 0 atom stereocenters. The van der Waals surface area contributed by atoms with Crippen molar-refractivity contribution >= 4 is 5.78 Å². The Hall–Kier alpha value is -0.370. The molecule has 0 aromatic carbocycles. The maximum Gasteiger partial charge on any atom is 0.136 e. The molecule has 1 aliphatic carbocycles. The van der Waals surface area contributed by atoms with E-state index in [1.165, 1.54) is 0 Å². The highest BCUT2D eigenvalue weighted by Gasteiger charge is 2.46. The van der Waals surface area contributed by atoms with Crippen LogP contribution < -0.4 is 0 Å². The summed E-state index contributed by atoms with van der Waals surface area (Å²) in [5.74, 6) is 0.345. The average Bonchev–Trinajstić information content (AvgIpc) is 2.70. The fraction of sp³-hybridized carbons (Fsp3) is 0.889. The van der Waals surface area contributed by atoms with Gasteiger partial charge in [-0.3, -0.25) is 4.79 Å². The van der Waals surface area contributed by atoms with E-state index in [9.17, 15) is 4.79 Å². The van der Waals surface area contributed by atoms with Crippen LogP contribution in [0.4, 0.5) is 0 Å². The maximum absolute atomic E-state index is 11.1. The van der Waals surface area contributed by atoms with E-state index >= 15 is 0 Å². The van der Waals surface area contributed by atoms with Gasteiger partial charge in [-0.1, -0.05) is 0 Å². The Bertz CT molecular complexity index is 148. The van der Waals surface area contributed by atoms with Crippen molar-refractivity contribution < 1.29 is 9.53 Å². The molecule has 0 amide bonds. The molecular formula is C9H16O2. The molecule has 1 saturated carbocycles. The lowest BCUT2D eigenvalue weighted by molar-refractivity contribution is -0.122. The molecule has 0 aromatic rings. The van der Waals surface area contributed by atoms with Crippen LogP contribution in [-0.2, 0) is 9.53 Å². The van der Waals surface area contributed by atoms with Gasteiger partial charge in [0.1, 0.15) is 5.78 Å². The van der Waals surface area contributed by atoms with Crippen molar-refractivity contribution in [1.82, 2.24) is 0 Å². The highest BCUT2D eigenvalue weighted by atomic mass is 16.5. The highest BCUT2D eigenvalue weighted by molar-refractivity contribution is 5.84. The third-order valence-electron chi connectivity index (χ3n) is 2.53. The monoisotopic (exact) mass is 156 g/mol. The molecule has 0 unspecified atom stereocenters. The Labute approximate surface area is 67.9 Å². The van der Waals surface area contributed by atoms with Crippen LogP contribution in [0.2, 0.25) is 0 Å². The molecular weight excluding hydrogens is 140 g/mol. The van der Waals surface area contributed by atoms with Gasteiger partial charge in [-0.2, -0.15) is 0 Å². The number of ether oxygens (including phenoxy) is 1. The van der Waals surface area contributed by atoms with E-state index in [2.05, 4.69) is 0 Å². The quantitative estimate of drug-likeness (QED) is 0.567. The summed E-state index contributed by atoms with van der Waals surface area (Å²) in [6.07, 6.45) is 3.08. The van der Waals surface area contributed by atoms with Gasteiger partial charge in [-0.25, -0.2) is 0 Å². The predicted octanol–water partition coefficient (Wildman–Crippen LogP) is 1.78. The van der Waals surface area contributed by atoms with E-state index in [4.69, 9.17) is 4.74 Å². The Balaban J connectivity index is 2.20. The highest BCUT2D eigenvalue weighted by Crippen LogP contribution is 2.49. The minimum Gasteiger partial charge on any atom is -0.382 e. The van der Waals surface area contributed by atoms with E-state index in [1.807, 2.05) is 6.92 Å². The smallest absolute Gasteiger partial charge is 0.136 e. The molecule has 0 spiro atoms. The van der Waals surface area contributed by atoms with Crippen molar-refractivity contribution in [2.75, 3.05) is 13.2 Å². The lowest BCUT2D eigenvalue weighted by Gasteiger charge is -2.09. The summed E-state index contributed by atoms with van der Waals surface area (Å²) >= 11 is 0. The van der Waals surface area contributed by atoms with Gasteiger partial charge in [0, 0.05) is 18.6 Å². The fourth-order valence-corrected chi connectivity index (χ4v) is 1.34. The molecule has 0 aromatic heterocycles. The van der Waals surface area contributed by atoms with Gasteiger partial charge >= 0.3 is 0 Å². The third kappa shape index (κ3) is 2.03. The molecule has 2 nitrogen and oxygen atoms in total. The molecule has 1 fully saturated rings. The number of Topliss-reactive ketones (excluding diaryl/α,β-unsaturated/α-hetero) is 1. The van der Waals surface area contributed by atoms with E-state index in [0.29, 0.717) is 5.78 Å². The van der Waals surface area contributed by atoms with Crippen molar-refractivity contribution in [1.29, 1.82) is 0 Å².